The van der Waals surface area contributed by atoms with E-state index < -0.39 is 5.97 Å². The van der Waals surface area contributed by atoms with Gasteiger partial charge in [0.05, 0.1) is 24.2 Å². The lowest BCUT2D eigenvalue weighted by molar-refractivity contribution is -0.887. The molecule has 1 N–H and O–H groups in total. The lowest BCUT2D eigenvalue weighted by Gasteiger charge is -2.27. The van der Waals surface area contributed by atoms with Gasteiger partial charge in [-0.05, 0) is 28.5 Å². The number of nitrogens with one attached hydrogen (secondary N) is 1. The molecule has 1 aromatic heterocycles. The van der Waals surface area contributed by atoms with Crippen molar-refractivity contribution in [1.29, 1.82) is 0 Å². The number of fused-ring (bicyclic) bond motifs is 3. The number of carboxylic acids is 1. The Bertz CT molecular complexity index is 1300. The topological polar surface area (TPSA) is 57.5 Å². The van der Waals surface area contributed by atoms with Gasteiger partial charge in [-0.3, -0.25) is 0 Å². The molecule has 1 aliphatic rings. The summed E-state index contributed by atoms with van der Waals surface area (Å²) in [5.74, 6) is -1.14. The molecule has 4 heteroatoms. The monoisotopic (exact) mass is 380 g/mol. The van der Waals surface area contributed by atoms with E-state index in [2.05, 4.69) is 43.5 Å². The first kappa shape index (κ1) is 17.6. The second-order valence-corrected chi connectivity index (χ2v) is 7.67. The van der Waals surface area contributed by atoms with Crippen molar-refractivity contribution in [2.75, 3.05) is 13.6 Å². The first-order valence-corrected chi connectivity index (χ1v) is 9.75. The van der Waals surface area contributed by atoms with Crippen molar-refractivity contribution in [3.05, 3.63) is 89.1 Å². The molecule has 0 fully saturated rings. The summed E-state index contributed by atoms with van der Waals surface area (Å²) in [7, 11) is 2.08. The third-order valence-corrected chi connectivity index (χ3v) is 5.63. The zero-order valence-corrected chi connectivity index (χ0v) is 16.1. The molecule has 0 saturated carbocycles. The molecule has 4 aromatic rings. The average Bonchev–Trinajstić information content (AvgIpc) is 2.72. The molecule has 0 amide bonds. The number of carbonyl (C=O) groups is 1. The van der Waals surface area contributed by atoms with Crippen molar-refractivity contribution >= 4 is 39.3 Å². The van der Waals surface area contributed by atoms with E-state index in [4.69, 9.17) is 4.98 Å². The summed E-state index contributed by atoms with van der Waals surface area (Å²) in [6.45, 7) is 1.40. The van der Waals surface area contributed by atoms with E-state index in [1.165, 1.54) is 15.7 Å². The number of hydrogen-bond acceptors (Lipinski definition) is 3. The number of aromatic carboxylic acids is 1. The molecule has 0 bridgehead atoms. The van der Waals surface area contributed by atoms with Crippen LogP contribution in [0.1, 0.15) is 27.2 Å². The molecule has 0 saturated heterocycles. The Hall–Kier alpha value is -3.50. The van der Waals surface area contributed by atoms with Gasteiger partial charge in [-0.1, -0.05) is 60.7 Å². The highest BCUT2D eigenvalue weighted by Crippen LogP contribution is 2.31. The van der Waals surface area contributed by atoms with Crippen LogP contribution in [-0.2, 0) is 6.54 Å². The number of rotatable bonds is 2. The second kappa shape index (κ2) is 6.83. The number of nitrogens with zero attached hydrogens (tertiary/aromatic N) is 1. The Labute approximate surface area is 168 Å². The van der Waals surface area contributed by atoms with Gasteiger partial charge in [0.1, 0.15) is 13.1 Å². The van der Waals surface area contributed by atoms with E-state index in [9.17, 15) is 9.90 Å². The average molecular weight is 380 g/mol. The molecule has 1 aliphatic heterocycles. The summed E-state index contributed by atoms with van der Waals surface area (Å²) in [5, 5.41) is 15.1. The minimum atomic E-state index is -1.14. The Balaban J connectivity index is 1.79. The summed E-state index contributed by atoms with van der Waals surface area (Å²) in [6.07, 6.45) is 2.16. The van der Waals surface area contributed by atoms with Gasteiger partial charge in [0.25, 0.3) is 0 Å². The number of carbonyl (C=O) groups excluding carboxylic acids is 1. The molecule has 0 aliphatic carbocycles. The molecule has 2 heterocycles. The summed E-state index contributed by atoms with van der Waals surface area (Å²) < 4.78 is 0. The molecular weight excluding hydrogens is 360 g/mol. The summed E-state index contributed by atoms with van der Waals surface area (Å²) in [6, 6.07) is 21.9. The van der Waals surface area contributed by atoms with Gasteiger partial charge in [0.2, 0.25) is 0 Å². The fourth-order valence-corrected chi connectivity index (χ4v) is 4.38. The van der Waals surface area contributed by atoms with Crippen LogP contribution >= 0.6 is 0 Å². The van der Waals surface area contributed by atoms with Crippen LogP contribution in [0.4, 0.5) is 0 Å². The highest BCUT2D eigenvalue weighted by molar-refractivity contribution is 6.05. The maximum absolute atomic E-state index is 12.1. The first-order valence-electron chi connectivity index (χ1n) is 9.75. The number of carboxylic acid groups (broad SMARTS) is 1. The standard InChI is InChI=1S/C25H20N2O2/c1-27-14-18(13-17-9-6-8-16-7-2-3-10-19(16)17)24-21(15-27)23(25(28)29)20-11-4-5-12-22(20)26-24/h2-13H,14-15H2,1H3,(H,28,29)/b18-13+. The quantitative estimate of drug-likeness (QED) is 0.581. The molecule has 0 radical (unpaired) electrons. The van der Waals surface area contributed by atoms with Gasteiger partial charge in [-0.25, -0.2) is 4.98 Å². The van der Waals surface area contributed by atoms with Crippen LogP contribution < -0.4 is 10.0 Å². The minimum Gasteiger partial charge on any atom is -0.545 e. The molecular formula is C25H20N2O2. The van der Waals surface area contributed by atoms with Gasteiger partial charge in [0.15, 0.2) is 0 Å². The van der Waals surface area contributed by atoms with Crippen molar-refractivity contribution in [3.8, 4) is 0 Å². The van der Waals surface area contributed by atoms with E-state index in [0.717, 1.165) is 28.9 Å². The summed E-state index contributed by atoms with van der Waals surface area (Å²) in [5.41, 5.74) is 4.67. The molecule has 0 spiro atoms. The van der Waals surface area contributed by atoms with Gasteiger partial charge in [-0.2, -0.15) is 0 Å². The number of para-hydroxylation sites is 1. The van der Waals surface area contributed by atoms with Crippen LogP contribution in [0.2, 0.25) is 0 Å². The number of likely N-dealkylation sites (N-methyl/N-ethyl adjacent to an activating group) is 1. The van der Waals surface area contributed by atoms with Crippen molar-refractivity contribution < 1.29 is 14.8 Å². The highest BCUT2D eigenvalue weighted by Gasteiger charge is 2.27. The first-order chi connectivity index (χ1) is 14.1. The van der Waals surface area contributed by atoms with E-state index in [1.54, 1.807) is 0 Å². The minimum absolute atomic E-state index is 0.272. The highest BCUT2D eigenvalue weighted by atomic mass is 16.4. The lowest BCUT2D eigenvalue weighted by Crippen LogP contribution is -3.08. The molecule has 5 rings (SSSR count). The van der Waals surface area contributed by atoms with Gasteiger partial charge < -0.3 is 14.8 Å². The third kappa shape index (κ3) is 2.98. The Morgan fingerprint density at radius 2 is 1.69 bits per heavy atom. The molecule has 29 heavy (non-hydrogen) atoms. The molecule has 4 nitrogen and oxygen atoms in total. The van der Waals surface area contributed by atoms with E-state index in [0.29, 0.717) is 17.4 Å². The number of aromatic nitrogens is 1. The third-order valence-electron chi connectivity index (χ3n) is 5.63. The number of benzene rings is 3. The zero-order chi connectivity index (χ0) is 20.0. The van der Waals surface area contributed by atoms with Crippen molar-refractivity contribution in [3.63, 3.8) is 0 Å². The predicted octanol–water partition coefficient (Wildman–Crippen LogP) is 2.32. The summed E-state index contributed by atoms with van der Waals surface area (Å²) in [4.78, 5) is 18.2. The van der Waals surface area contributed by atoms with E-state index >= 15 is 0 Å². The van der Waals surface area contributed by atoms with Crippen molar-refractivity contribution in [2.24, 2.45) is 0 Å². The maximum Gasteiger partial charge on any atom is 0.106 e. The molecule has 1 unspecified atom stereocenters. The summed E-state index contributed by atoms with van der Waals surface area (Å²) >= 11 is 0. The van der Waals surface area contributed by atoms with E-state index in [1.807, 2.05) is 36.4 Å². The predicted molar refractivity (Wildman–Crippen MR) is 113 cm³/mol. The molecule has 3 aromatic carbocycles. The number of hydrogen-bond donors (Lipinski definition) is 1. The maximum atomic E-state index is 12.1. The SMILES string of the molecule is C[NH+]1C/C(=C\c2cccc3ccccc23)c2nc3ccccc3c(C(=O)[O-])c2C1. The lowest BCUT2D eigenvalue weighted by atomic mass is 9.91. The van der Waals surface area contributed by atoms with Gasteiger partial charge in [0, 0.05) is 22.1 Å². The zero-order valence-electron chi connectivity index (χ0n) is 16.1. The largest absolute Gasteiger partial charge is 0.545 e. The van der Waals surface area contributed by atoms with Crippen LogP contribution in [0.3, 0.4) is 0 Å². The fraction of sp³-hybridized carbons (Fsp3) is 0.120. The smallest absolute Gasteiger partial charge is 0.106 e. The van der Waals surface area contributed by atoms with Crippen molar-refractivity contribution in [1.82, 2.24) is 4.98 Å². The van der Waals surface area contributed by atoms with Gasteiger partial charge >= 0.3 is 0 Å². The molecule has 1 atom stereocenters. The van der Waals surface area contributed by atoms with E-state index in [-0.39, 0.29) is 5.56 Å². The van der Waals surface area contributed by atoms with Crippen molar-refractivity contribution in [2.45, 2.75) is 6.54 Å². The van der Waals surface area contributed by atoms with Crippen LogP contribution in [-0.4, -0.2) is 24.5 Å². The van der Waals surface area contributed by atoms with Gasteiger partial charge in [-0.15, -0.1) is 0 Å². The van der Waals surface area contributed by atoms with Crippen LogP contribution in [0, 0.1) is 0 Å². The van der Waals surface area contributed by atoms with Crippen LogP contribution in [0.25, 0.3) is 33.3 Å². The van der Waals surface area contributed by atoms with Crippen LogP contribution in [0.15, 0.2) is 66.7 Å². The Morgan fingerprint density at radius 1 is 0.966 bits per heavy atom. The number of pyridine rings is 1. The molecule has 142 valence electrons. The normalized spacial score (nSPS) is 17.6. The Morgan fingerprint density at radius 3 is 2.52 bits per heavy atom. The number of quaternary nitrogens is 1. The second-order valence-electron chi connectivity index (χ2n) is 7.67. The fourth-order valence-electron chi connectivity index (χ4n) is 4.38. The Kier molecular flexibility index (Phi) is 4.14. The van der Waals surface area contributed by atoms with Crippen LogP contribution in [0.5, 0.6) is 0 Å².